The summed E-state index contributed by atoms with van der Waals surface area (Å²) < 4.78 is 5.24. The molecule has 2 N–H and O–H groups in total. The van der Waals surface area contributed by atoms with Gasteiger partial charge in [0.1, 0.15) is 19.9 Å². The molecule has 0 aliphatic rings. The Morgan fingerprint density at radius 2 is 1.89 bits per heavy atom. The first-order valence-electron chi connectivity index (χ1n) is 5.91. The molecule has 18 heavy (non-hydrogen) atoms. The summed E-state index contributed by atoms with van der Waals surface area (Å²) in [5.41, 5.74) is -0.651. The molecule has 0 radical (unpaired) electrons. The Kier molecular flexibility index (Phi) is 5.07. The van der Waals surface area contributed by atoms with Crippen LogP contribution in [0.5, 0.6) is 0 Å². The van der Waals surface area contributed by atoms with Crippen LogP contribution in [0.1, 0.15) is 6.92 Å². The number of rotatable bonds is 5. The molecule has 4 nitrogen and oxygen atoms in total. The Bertz CT molecular complexity index is 391. The minimum absolute atomic E-state index is 0.415. The van der Waals surface area contributed by atoms with Crippen molar-refractivity contribution in [3.05, 3.63) is 30.3 Å². The van der Waals surface area contributed by atoms with Crippen molar-refractivity contribution in [1.29, 1.82) is 0 Å². The summed E-state index contributed by atoms with van der Waals surface area (Å²) in [4.78, 5) is 11.2. The molecule has 0 spiro atoms. The largest absolute Gasteiger partial charge is 0.463 e. The number of carbonyl (C=O) groups excluding carboxylic acids is 1. The van der Waals surface area contributed by atoms with Gasteiger partial charge in [-0.1, -0.05) is 48.6 Å². The second kappa shape index (κ2) is 6.13. The molecule has 0 saturated heterocycles. The van der Waals surface area contributed by atoms with E-state index >= 15 is 0 Å². The maximum atomic E-state index is 11.2. The van der Waals surface area contributed by atoms with Crippen molar-refractivity contribution >= 4 is 19.2 Å². The summed E-state index contributed by atoms with van der Waals surface area (Å²) in [6.45, 7) is 4.91. The van der Waals surface area contributed by atoms with Crippen LogP contribution < -0.4 is 5.19 Å². The van der Waals surface area contributed by atoms with Crippen LogP contribution in [-0.4, -0.2) is 42.7 Å². The standard InChI is InChI=1S/C13H20O4Si/c1-10(15)17-13(12(16)9-14)18(2,3)11-7-5-4-6-8-11/h4-8,12-14,16H,9H2,1-3H3/t12-,13+/m0/s1. The van der Waals surface area contributed by atoms with E-state index in [9.17, 15) is 9.90 Å². The van der Waals surface area contributed by atoms with Gasteiger partial charge in [-0.05, 0) is 0 Å². The lowest BCUT2D eigenvalue weighted by molar-refractivity contribution is -0.148. The Morgan fingerprint density at radius 1 is 1.33 bits per heavy atom. The second-order valence-corrected chi connectivity index (χ2v) is 9.46. The monoisotopic (exact) mass is 268 g/mol. The van der Waals surface area contributed by atoms with Gasteiger partial charge in [-0.15, -0.1) is 0 Å². The van der Waals surface area contributed by atoms with Crippen molar-refractivity contribution in [3.8, 4) is 0 Å². The fourth-order valence-electron chi connectivity index (χ4n) is 2.01. The zero-order chi connectivity index (χ0) is 13.8. The highest BCUT2D eigenvalue weighted by Crippen LogP contribution is 2.16. The molecule has 100 valence electrons. The van der Waals surface area contributed by atoms with E-state index in [-0.39, 0.29) is 0 Å². The summed E-state index contributed by atoms with van der Waals surface area (Å²) in [7, 11) is -2.21. The molecular formula is C13H20O4Si. The number of carbonyl (C=O) groups is 1. The van der Waals surface area contributed by atoms with Crippen LogP contribution in [-0.2, 0) is 9.53 Å². The first-order valence-corrected chi connectivity index (χ1v) is 8.99. The van der Waals surface area contributed by atoms with E-state index in [0.29, 0.717) is 0 Å². The molecule has 1 aromatic rings. The predicted octanol–water partition coefficient (Wildman–Crippen LogP) is 0.426. The molecule has 2 atom stereocenters. The summed E-state index contributed by atoms with van der Waals surface area (Å²) in [6, 6.07) is 9.68. The first kappa shape index (κ1) is 14.9. The molecule has 0 amide bonds. The van der Waals surface area contributed by atoms with Crippen LogP contribution >= 0.6 is 0 Å². The fourth-order valence-corrected chi connectivity index (χ4v) is 4.92. The van der Waals surface area contributed by atoms with Gasteiger partial charge < -0.3 is 14.9 Å². The number of esters is 1. The molecule has 1 rings (SSSR count). The molecule has 0 bridgehead atoms. The van der Waals surface area contributed by atoms with Crippen LogP contribution in [0, 0.1) is 0 Å². The highest BCUT2D eigenvalue weighted by Gasteiger charge is 2.40. The highest BCUT2D eigenvalue weighted by atomic mass is 28.3. The van der Waals surface area contributed by atoms with E-state index in [2.05, 4.69) is 0 Å². The lowest BCUT2D eigenvalue weighted by atomic mass is 10.4. The number of hydrogen-bond donors (Lipinski definition) is 2. The number of aliphatic hydroxyl groups excluding tert-OH is 2. The molecule has 1 aromatic carbocycles. The maximum Gasteiger partial charge on any atom is 0.302 e. The average Bonchev–Trinajstić information content (AvgIpc) is 2.35. The minimum Gasteiger partial charge on any atom is -0.463 e. The number of ether oxygens (including phenoxy) is 1. The van der Waals surface area contributed by atoms with Crippen molar-refractivity contribution in [3.63, 3.8) is 0 Å². The smallest absolute Gasteiger partial charge is 0.302 e. The number of hydrogen-bond acceptors (Lipinski definition) is 4. The average molecular weight is 268 g/mol. The Labute approximate surface area is 108 Å². The molecule has 0 fully saturated rings. The molecule has 0 saturated carbocycles. The second-order valence-electron chi connectivity index (χ2n) is 4.87. The quantitative estimate of drug-likeness (QED) is 0.600. The molecule has 0 aliphatic carbocycles. The van der Waals surface area contributed by atoms with Gasteiger partial charge in [0, 0.05) is 6.92 Å². The zero-order valence-electron chi connectivity index (χ0n) is 11.0. The first-order chi connectivity index (χ1) is 8.39. The summed E-state index contributed by atoms with van der Waals surface area (Å²) in [6.07, 6.45) is -1.05. The van der Waals surface area contributed by atoms with Crippen molar-refractivity contribution in [1.82, 2.24) is 0 Å². The Hall–Kier alpha value is -1.17. The van der Waals surface area contributed by atoms with Crippen molar-refractivity contribution in [2.45, 2.75) is 31.8 Å². The van der Waals surface area contributed by atoms with Gasteiger partial charge in [0.05, 0.1) is 6.61 Å². The molecule has 0 aliphatic heterocycles. The van der Waals surface area contributed by atoms with Gasteiger partial charge >= 0.3 is 5.97 Å². The van der Waals surface area contributed by atoms with E-state index in [1.807, 2.05) is 43.4 Å². The van der Waals surface area contributed by atoms with Gasteiger partial charge in [-0.2, -0.15) is 0 Å². The molecule has 0 heterocycles. The summed E-state index contributed by atoms with van der Waals surface area (Å²) in [5.74, 6) is -0.441. The summed E-state index contributed by atoms with van der Waals surface area (Å²) >= 11 is 0. The molecule has 5 heteroatoms. The zero-order valence-corrected chi connectivity index (χ0v) is 12.0. The van der Waals surface area contributed by atoms with E-state index in [1.54, 1.807) is 0 Å². The third-order valence-electron chi connectivity index (χ3n) is 3.06. The topological polar surface area (TPSA) is 66.8 Å². The van der Waals surface area contributed by atoms with Crippen LogP contribution in [0.25, 0.3) is 0 Å². The third kappa shape index (κ3) is 3.41. The molecule has 0 unspecified atom stereocenters. The van der Waals surface area contributed by atoms with Crippen LogP contribution in [0.2, 0.25) is 13.1 Å². The van der Waals surface area contributed by atoms with E-state index in [0.717, 1.165) is 5.19 Å². The van der Waals surface area contributed by atoms with Crippen molar-refractivity contribution in [2.24, 2.45) is 0 Å². The van der Waals surface area contributed by atoms with Crippen molar-refractivity contribution < 1.29 is 19.7 Å². The van der Waals surface area contributed by atoms with Gasteiger partial charge in [0.25, 0.3) is 0 Å². The molecular weight excluding hydrogens is 248 g/mol. The lowest BCUT2D eigenvalue weighted by Crippen LogP contribution is -2.59. The Balaban J connectivity index is 3.06. The predicted molar refractivity (Wildman–Crippen MR) is 72.2 cm³/mol. The SMILES string of the molecule is CC(=O)O[C@@H]([C@@H](O)CO)[Si](C)(C)c1ccccc1. The van der Waals surface area contributed by atoms with Gasteiger partial charge in [0.2, 0.25) is 0 Å². The highest BCUT2D eigenvalue weighted by molar-refractivity contribution is 6.91. The van der Waals surface area contributed by atoms with Gasteiger partial charge in [-0.25, -0.2) is 0 Å². The van der Waals surface area contributed by atoms with Crippen LogP contribution in [0.4, 0.5) is 0 Å². The number of aliphatic hydroxyl groups is 2. The maximum absolute atomic E-state index is 11.2. The summed E-state index contributed by atoms with van der Waals surface area (Å²) in [5, 5.41) is 20.1. The molecule has 0 aromatic heterocycles. The Morgan fingerprint density at radius 3 is 2.33 bits per heavy atom. The number of benzene rings is 1. The lowest BCUT2D eigenvalue weighted by Gasteiger charge is -2.34. The van der Waals surface area contributed by atoms with Crippen LogP contribution in [0.15, 0.2) is 30.3 Å². The minimum atomic E-state index is -2.21. The van der Waals surface area contributed by atoms with Gasteiger partial charge in [0.15, 0.2) is 0 Å². The third-order valence-corrected chi connectivity index (χ3v) is 6.81. The van der Waals surface area contributed by atoms with E-state index < -0.39 is 32.5 Å². The fraction of sp³-hybridized carbons (Fsp3) is 0.462. The van der Waals surface area contributed by atoms with E-state index in [4.69, 9.17) is 9.84 Å². The van der Waals surface area contributed by atoms with Crippen molar-refractivity contribution in [2.75, 3.05) is 6.61 Å². The van der Waals surface area contributed by atoms with Crippen LogP contribution in [0.3, 0.4) is 0 Å². The van der Waals surface area contributed by atoms with Gasteiger partial charge in [-0.3, -0.25) is 4.79 Å². The normalized spacial score (nSPS) is 14.9. The van der Waals surface area contributed by atoms with E-state index in [1.165, 1.54) is 6.92 Å².